The topological polar surface area (TPSA) is 52.9 Å². The van der Waals surface area contributed by atoms with Crippen molar-refractivity contribution in [1.29, 1.82) is 5.26 Å². The van der Waals surface area contributed by atoms with Crippen LogP contribution in [0.5, 0.6) is 0 Å². The Morgan fingerprint density at radius 3 is 2.82 bits per heavy atom. The van der Waals surface area contributed by atoms with Gasteiger partial charge in [-0.1, -0.05) is 6.92 Å². The zero-order chi connectivity index (χ0) is 12.8. The number of carbonyl (C=O) groups excluding carboxylic acids is 1. The lowest BCUT2D eigenvalue weighted by Crippen LogP contribution is -2.34. The van der Waals surface area contributed by atoms with Crippen LogP contribution in [-0.2, 0) is 0 Å². The monoisotopic (exact) mass is 234 g/mol. The van der Waals surface area contributed by atoms with Crippen molar-refractivity contribution in [2.45, 2.75) is 32.7 Å². The smallest absolute Gasteiger partial charge is 0.251 e. The van der Waals surface area contributed by atoms with E-state index in [1.54, 1.807) is 6.92 Å². The highest BCUT2D eigenvalue weighted by Crippen LogP contribution is 2.10. The van der Waals surface area contributed by atoms with E-state index in [9.17, 15) is 9.18 Å². The zero-order valence-corrected chi connectivity index (χ0v) is 9.96. The van der Waals surface area contributed by atoms with Gasteiger partial charge in [0.05, 0.1) is 12.5 Å². The molecule has 17 heavy (non-hydrogen) atoms. The van der Waals surface area contributed by atoms with E-state index in [2.05, 4.69) is 5.32 Å². The van der Waals surface area contributed by atoms with E-state index < -0.39 is 0 Å². The molecule has 1 aromatic carbocycles. The van der Waals surface area contributed by atoms with Gasteiger partial charge in [0, 0.05) is 11.6 Å². The first kappa shape index (κ1) is 13.2. The van der Waals surface area contributed by atoms with Gasteiger partial charge in [-0.05, 0) is 37.1 Å². The maximum Gasteiger partial charge on any atom is 0.251 e. The number of hydrogen-bond donors (Lipinski definition) is 1. The second-order valence-electron chi connectivity index (χ2n) is 3.90. The minimum absolute atomic E-state index is 0.156. The van der Waals surface area contributed by atoms with Gasteiger partial charge in [-0.2, -0.15) is 5.26 Å². The number of benzene rings is 1. The van der Waals surface area contributed by atoms with Crippen LogP contribution in [0.15, 0.2) is 18.2 Å². The average molecular weight is 234 g/mol. The van der Waals surface area contributed by atoms with Crippen LogP contribution in [0.1, 0.15) is 35.7 Å². The minimum Gasteiger partial charge on any atom is -0.348 e. The van der Waals surface area contributed by atoms with Crippen molar-refractivity contribution in [2.24, 2.45) is 0 Å². The van der Waals surface area contributed by atoms with E-state index in [-0.39, 0.29) is 24.2 Å². The standard InChI is InChI=1S/C13H15FN2O/c1-3-11(6-7-15)16-13(17)12-5-4-10(14)8-9(12)2/h4-5,8,11H,3,6H2,1-2H3,(H,16,17). The molecule has 0 spiro atoms. The molecular formula is C13H15FN2O. The van der Waals surface area contributed by atoms with Crippen LogP contribution in [0.25, 0.3) is 0 Å². The highest BCUT2D eigenvalue weighted by Gasteiger charge is 2.13. The maximum absolute atomic E-state index is 12.9. The van der Waals surface area contributed by atoms with Gasteiger partial charge in [0.25, 0.3) is 5.91 Å². The molecule has 0 aliphatic carbocycles. The molecule has 0 saturated heterocycles. The summed E-state index contributed by atoms with van der Waals surface area (Å²) in [5.41, 5.74) is 1.04. The maximum atomic E-state index is 12.9. The molecule has 0 radical (unpaired) electrons. The summed E-state index contributed by atoms with van der Waals surface area (Å²) in [6.07, 6.45) is 0.974. The molecule has 0 heterocycles. The molecule has 90 valence electrons. The van der Waals surface area contributed by atoms with Crippen LogP contribution in [0, 0.1) is 24.1 Å². The van der Waals surface area contributed by atoms with E-state index >= 15 is 0 Å². The predicted octanol–water partition coefficient (Wildman–Crippen LogP) is 2.56. The van der Waals surface area contributed by atoms with Gasteiger partial charge in [0.2, 0.25) is 0 Å². The second kappa shape index (κ2) is 6.00. The quantitative estimate of drug-likeness (QED) is 0.870. The number of amides is 1. The highest BCUT2D eigenvalue weighted by atomic mass is 19.1. The lowest BCUT2D eigenvalue weighted by atomic mass is 10.1. The lowest BCUT2D eigenvalue weighted by molar-refractivity contribution is 0.0936. The molecule has 0 saturated carbocycles. The summed E-state index contributed by atoms with van der Waals surface area (Å²) in [5, 5.41) is 11.4. The van der Waals surface area contributed by atoms with Crippen LogP contribution >= 0.6 is 0 Å². The van der Waals surface area contributed by atoms with Crippen LogP contribution in [-0.4, -0.2) is 11.9 Å². The number of carbonyl (C=O) groups is 1. The Labute approximate surface area is 100 Å². The third-order valence-electron chi connectivity index (χ3n) is 2.60. The Hall–Kier alpha value is -1.89. The van der Waals surface area contributed by atoms with E-state index in [1.807, 2.05) is 13.0 Å². The third-order valence-corrected chi connectivity index (χ3v) is 2.60. The van der Waals surface area contributed by atoms with Crippen molar-refractivity contribution in [1.82, 2.24) is 5.32 Å². The van der Waals surface area contributed by atoms with Crippen LogP contribution in [0.3, 0.4) is 0 Å². The summed E-state index contributed by atoms with van der Waals surface area (Å²) in [5.74, 6) is -0.618. The Morgan fingerprint density at radius 1 is 1.59 bits per heavy atom. The first-order valence-corrected chi connectivity index (χ1v) is 5.52. The van der Waals surface area contributed by atoms with Gasteiger partial charge in [-0.15, -0.1) is 0 Å². The molecule has 0 bridgehead atoms. The van der Waals surface area contributed by atoms with E-state index in [0.717, 1.165) is 0 Å². The second-order valence-corrected chi connectivity index (χ2v) is 3.90. The van der Waals surface area contributed by atoms with Gasteiger partial charge in [-0.25, -0.2) is 4.39 Å². The van der Waals surface area contributed by atoms with Crippen LogP contribution in [0.2, 0.25) is 0 Å². The summed E-state index contributed by atoms with van der Waals surface area (Å²) in [7, 11) is 0. The van der Waals surface area contributed by atoms with Gasteiger partial charge in [0.1, 0.15) is 5.82 Å². The average Bonchev–Trinajstić information content (AvgIpc) is 2.28. The molecule has 0 fully saturated rings. The number of nitriles is 1. The Kier molecular flexibility index (Phi) is 4.65. The number of nitrogens with zero attached hydrogens (tertiary/aromatic N) is 1. The van der Waals surface area contributed by atoms with Crippen molar-refractivity contribution in [2.75, 3.05) is 0 Å². The van der Waals surface area contributed by atoms with E-state index in [0.29, 0.717) is 17.5 Å². The summed E-state index contributed by atoms with van der Waals surface area (Å²) < 4.78 is 12.9. The Balaban J connectivity index is 2.79. The van der Waals surface area contributed by atoms with Crippen molar-refractivity contribution >= 4 is 5.91 Å². The van der Waals surface area contributed by atoms with Crippen molar-refractivity contribution < 1.29 is 9.18 Å². The fraction of sp³-hybridized carbons (Fsp3) is 0.385. The molecule has 0 aliphatic rings. The molecule has 1 rings (SSSR count). The minimum atomic E-state index is -0.358. The number of aryl methyl sites for hydroxylation is 1. The SMILES string of the molecule is CCC(CC#N)NC(=O)c1ccc(F)cc1C. The molecule has 1 aromatic rings. The molecule has 4 heteroatoms. The molecule has 1 unspecified atom stereocenters. The first-order chi connectivity index (χ1) is 8.08. The number of rotatable bonds is 4. The molecular weight excluding hydrogens is 219 g/mol. The first-order valence-electron chi connectivity index (χ1n) is 5.52. The number of halogens is 1. The molecule has 1 N–H and O–H groups in total. The zero-order valence-electron chi connectivity index (χ0n) is 9.96. The van der Waals surface area contributed by atoms with Gasteiger partial charge in [0.15, 0.2) is 0 Å². The van der Waals surface area contributed by atoms with Gasteiger partial charge < -0.3 is 5.32 Å². The fourth-order valence-electron chi connectivity index (χ4n) is 1.55. The van der Waals surface area contributed by atoms with E-state index in [1.165, 1.54) is 18.2 Å². The molecule has 3 nitrogen and oxygen atoms in total. The third kappa shape index (κ3) is 3.56. The number of nitrogens with one attached hydrogen (secondary N) is 1. The molecule has 1 amide bonds. The molecule has 0 aliphatic heterocycles. The van der Waals surface area contributed by atoms with Crippen molar-refractivity contribution in [3.63, 3.8) is 0 Å². The van der Waals surface area contributed by atoms with E-state index in [4.69, 9.17) is 5.26 Å². The highest BCUT2D eigenvalue weighted by molar-refractivity contribution is 5.95. The van der Waals surface area contributed by atoms with Crippen LogP contribution in [0.4, 0.5) is 4.39 Å². The van der Waals surface area contributed by atoms with Crippen LogP contribution < -0.4 is 5.32 Å². The summed E-state index contributed by atoms with van der Waals surface area (Å²) in [6, 6.07) is 5.90. The molecule has 1 atom stereocenters. The van der Waals surface area contributed by atoms with Crippen molar-refractivity contribution in [3.8, 4) is 6.07 Å². The molecule has 0 aromatic heterocycles. The van der Waals surface area contributed by atoms with Gasteiger partial charge >= 0.3 is 0 Å². The summed E-state index contributed by atoms with van der Waals surface area (Å²) >= 11 is 0. The summed E-state index contributed by atoms with van der Waals surface area (Å²) in [4.78, 5) is 11.9. The fourth-order valence-corrected chi connectivity index (χ4v) is 1.55. The number of hydrogen-bond acceptors (Lipinski definition) is 2. The Bertz CT molecular complexity index is 451. The Morgan fingerprint density at radius 2 is 2.29 bits per heavy atom. The van der Waals surface area contributed by atoms with Crippen molar-refractivity contribution in [3.05, 3.63) is 35.1 Å². The predicted molar refractivity (Wildman–Crippen MR) is 62.9 cm³/mol. The largest absolute Gasteiger partial charge is 0.348 e. The van der Waals surface area contributed by atoms with Gasteiger partial charge in [-0.3, -0.25) is 4.79 Å². The normalized spacial score (nSPS) is 11.6. The summed E-state index contributed by atoms with van der Waals surface area (Å²) in [6.45, 7) is 3.59. The lowest BCUT2D eigenvalue weighted by Gasteiger charge is -2.14.